The third-order valence-electron chi connectivity index (χ3n) is 5.78. The van der Waals surface area contributed by atoms with Gasteiger partial charge in [0.25, 0.3) is 5.91 Å². The molecule has 0 radical (unpaired) electrons. The molecule has 6 heteroatoms. The lowest BCUT2D eigenvalue weighted by molar-refractivity contribution is 0.0891. The first-order chi connectivity index (χ1) is 12.4. The highest BCUT2D eigenvalue weighted by molar-refractivity contribution is 5.95. The number of rotatable bonds is 5. The Hall–Kier alpha value is -2.21. The lowest BCUT2D eigenvalue weighted by atomic mass is 9.95. The van der Waals surface area contributed by atoms with Crippen LogP contribution in [0.15, 0.2) is 18.2 Å². The van der Waals surface area contributed by atoms with Gasteiger partial charge in [0.2, 0.25) is 0 Å². The van der Waals surface area contributed by atoms with Crippen LogP contribution in [0.4, 0.5) is 4.39 Å². The van der Waals surface area contributed by atoms with Crippen LogP contribution in [-0.2, 0) is 12.8 Å². The highest BCUT2D eigenvalue weighted by atomic mass is 19.1. The minimum absolute atomic E-state index is 0.200. The molecule has 1 heterocycles. The second-order valence-corrected chi connectivity index (χ2v) is 7.84. The predicted octanol–water partition coefficient (Wildman–Crippen LogP) is 2.67. The average Bonchev–Trinajstić information content (AvgIpc) is 3.25. The Kier molecular flexibility index (Phi) is 4.10. The van der Waals surface area contributed by atoms with E-state index in [1.165, 1.54) is 6.07 Å². The zero-order chi connectivity index (χ0) is 18.5. The van der Waals surface area contributed by atoms with Crippen LogP contribution in [0.3, 0.4) is 0 Å². The van der Waals surface area contributed by atoms with Crippen LogP contribution in [0.2, 0.25) is 0 Å². The van der Waals surface area contributed by atoms with Crippen LogP contribution in [0.5, 0.6) is 0 Å². The van der Waals surface area contributed by atoms with Gasteiger partial charge in [-0.25, -0.2) is 9.07 Å². The van der Waals surface area contributed by atoms with E-state index in [-0.39, 0.29) is 11.7 Å². The smallest absolute Gasteiger partial charge is 0.272 e. The van der Waals surface area contributed by atoms with Crippen molar-refractivity contribution in [2.24, 2.45) is 11.7 Å². The first kappa shape index (κ1) is 17.2. The summed E-state index contributed by atoms with van der Waals surface area (Å²) in [5.41, 5.74) is 9.08. The number of aromatic nitrogens is 2. The Morgan fingerprint density at radius 2 is 2.19 bits per heavy atom. The van der Waals surface area contributed by atoms with E-state index in [1.807, 2.05) is 19.9 Å². The Bertz CT molecular complexity index is 871. The SMILES string of the molecule is Cc1ccc(-n2nc(C(=O)NC(C)(CN)C3CC3)c3c2CCC3)c(F)c1. The number of amides is 1. The van der Waals surface area contributed by atoms with Crippen LogP contribution in [0, 0.1) is 18.7 Å². The quantitative estimate of drug-likeness (QED) is 0.865. The summed E-state index contributed by atoms with van der Waals surface area (Å²) in [6.45, 7) is 4.25. The maximum Gasteiger partial charge on any atom is 0.272 e. The van der Waals surface area contributed by atoms with Crippen molar-refractivity contribution in [1.29, 1.82) is 0 Å². The fraction of sp³-hybridized carbons (Fsp3) is 0.500. The maximum atomic E-state index is 14.5. The van der Waals surface area contributed by atoms with E-state index in [9.17, 15) is 9.18 Å². The Labute approximate surface area is 152 Å². The summed E-state index contributed by atoms with van der Waals surface area (Å²) < 4.78 is 16.1. The summed E-state index contributed by atoms with van der Waals surface area (Å²) in [6, 6.07) is 5.09. The molecule has 138 valence electrons. The van der Waals surface area contributed by atoms with Gasteiger partial charge in [0.15, 0.2) is 5.69 Å². The van der Waals surface area contributed by atoms with E-state index in [0.717, 1.165) is 48.9 Å². The number of nitrogens with zero attached hydrogens (tertiary/aromatic N) is 2. The van der Waals surface area contributed by atoms with E-state index in [4.69, 9.17) is 5.73 Å². The third kappa shape index (κ3) is 2.82. The van der Waals surface area contributed by atoms with Crippen LogP contribution in [-0.4, -0.2) is 27.8 Å². The lowest BCUT2D eigenvalue weighted by Crippen LogP contribution is -2.53. The summed E-state index contributed by atoms with van der Waals surface area (Å²) in [7, 11) is 0. The van der Waals surface area contributed by atoms with Gasteiger partial charge in [-0.1, -0.05) is 6.07 Å². The summed E-state index contributed by atoms with van der Waals surface area (Å²) in [5.74, 6) is -0.0886. The van der Waals surface area contributed by atoms with Crippen molar-refractivity contribution in [2.75, 3.05) is 6.54 Å². The molecular formula is C20H25FN4O. The number of carbonyl (C=O) groups excluding carboxylic acids is 1. The summed E-state index contributed by atoms with van der Waals surface area (Å²) in [5, 5.41) is 7.62. The molecule has 5 nitrogen and oxygen atoms in total. The molecule has 0 bridgehead atoms. The predicted molar refractivity (Wildman–Crippen MR) is 97.9 cm³/mol. The zero-order valence-electron chi connectivity index (χ0n) is 15.3. The Balaban J connectivity index is 1.71. The van der Waals surface area contributed by atoms with Gasteiger partial charge in [0, 0.05) is 17.8 Å². The van der Waals surface area contributed by atoms with Gasteiger partial charge in [0.05, 0.1) is 5.54 Å². The number of nitrogens with two attached hydrogens (primary N) is 1. The van der Waals surface area contributed by atoms with Gasteiger partial charge in [-0.2, -0.15) is 5.10 Å². The number of carbonyl (C=O) groups is 1. The molecule has 0 aliphatic heterocycles. The van der Waals surface area contributed by atoms with Gasteiger partial charge in [0.1, 0.15) is 11.5 Å². The molecule has 4 rings (SSSR count). The van der Waals surface area contributed by atoms with Gasteiger partial charge in [-0.3, -0.25) is 4.79 Å². The topological polar surface area (TPSA) is 72.9 Å². The molecule has 1 fully saturated rings. The van der Waals surface area contributed by atoms with E-state index in [1.54, 1.807) is 10.7 Å². The maximum absolute atomic E-state index is 14.5. The lowest BCUT2D eigenvalue weighted by Gasteiger charge is -2.29. The van der Waals surface area contributed by atoms with Crippen molar-refractivity contribution >= 4 is 5.91 Å². The van der Waals surface area contributed by atoms with E-state index < -0.39 is 5.54 Å². The van der Waals surface area contributed by atoms with Crippen molar-refractivity contribution < 1.29 is 9.18 Å². The Morgan fingerprint density at radius 1 is 1.42 bits per heavy atom. The summed E-state index contributed by atoms with van der Waals surface area (Å²) >= 11 is 0. The molecule has 1 amide bonds. The van der Waals surface area contributed by atoms with Crippen LogP contribution in [0.1, 0.15) is 53.5 Å². The largest absolute Gasteiger partial charge is 0.344 e. The molecule has 2 aliphatic carbocycles. The molecule has 1 unspecified atom stereocenters. The van der Waals surface area contributed by atoms with Crippen molar-refractivity contribution in [3.05, 3.63) is 46.5 Å². The van der Waals surface area contributed by atoms with Crippen LogP contribution < -0.4 is 11.1 Å². The van der Waals surface area contributed by atoms with Gasteiger partial charge >= 0.3 is 0 Å². The van der Waals surface area contributed by atoms with Gasteiger partial charge in [-0.05, 0) is 69.6 Å². The van der Waals surface area contributed by atoms with E-state index in [0.29, 0.717) is 23.8 Å². The normalized spacial score (nSPS) is 18.5. The molecule has 1 atom stereocenters. The standard InChI is InChI=1S/C20H25FN4O/c1-12-6-9-17(15(21)10-12)25-16-5-3-4-14(16)18(24-25)19(26)23-20(2,11-22)13-7-8-13/h6,9-10,13H,3-5,7-8,11,22H2,1-2H3,(H,23,26). The number of aryl methyl sites for hydroxylation is 1. The highest BCUT2D eigenvalue weighted by Crippen LogP contribution is 2.39. The molecule has 26 heavy (non-hydrogen) atoms. The van der Waals surface area contributed by atoms with Gasteiger partial charge < -0.3 is 11.1 Å². The van der Waals surface area contributed by atoms with Crippen LogP contribution >= 0.6 is 0 Å². The molecule has 1 aromatic carbocycles. The third-order valence-corrected chi connectivity index (χ3v) is 5.78. The number of hydrogen-bond donors (Lipinski definition) is 2. The number of benzene rings is 1. The molecule has 3 N–H and O–H groups in total. The van der Waals surface area contributed by atoms with E-state index >= 15 is 0 Å². The van der Waals surface area contributed by atoms with Crippen molar-refractivity contribution in [3.8, 4) is 5.69 Å². The second-order valence-electron chi connectivity index (χ2n) is 7.84. The van der Waals surface area contributed by atoms with Crippen LogP contribution in [0.25, 0.3) is 5.69 Å². The molecule has 0 saturated heterocycles. The monoisotopic (exact) mass is 356 g/mol. The molecule has 2 aromatic rings. The fourth-order valence-corrected chi connectivity index (χ4v) is 3.96. The molecule has 1 aromatic heterocycles. The minimum Gasteiger partial charge on any atom is -0.344 e. The molecule has 1 saturated carbocycles. The highest BCUT2D eigenvalue weighted by Gasteiger charge is 2.42. The van der Waals surface area contributed by atoms with Crippen molar-refractivity contribution in [1.82, 2.24) is 15.1 Å². The average molecular weight is 356 g/mol. The number of hydrogen-bond acceptors (Lipinski definition) is 3. The molecule has 2 aliphatic rings. The second kappa shape index (κ2) is 6.20. The zero-order valence-corrected chi connectivity index (χ0v) is 15.3. The fourth-order valence-electron chi connectivity index (χ4n) is 3.96. The number of fused-ring (bicyclic) bond motifs is 1. The molecular weight excluding hydrogens is 331 g/mol. The van der Waals surface area contributed by atoms with Gasteiger partial charge in [-0.15, -0.1) is 0 Å². The minimum atomic E-state index is -0.401. The molecule has 0 spiro atoms. The number of halogens is 1. The van der Waals surface area contributed by atoms with Crippen molar-refractivity contribution in [2.45, 2.75) is 51.5 Å². The van der Waals surface area contributed by atoms with E-state index in [2.05, 4.69) is 10.4 Å². The summed E-state index contributed by atoms with van der Waals surface area (Å²) in [4.78, 5) is 13.0. The first-order valence-electron chi connectivity index (χ1n) is 9.33. The van der Waals surface area contributed by atoms with Crippen molar-refractivity contribution in [3.63, 3.8) is 0 Å². The Morgan fingerprint density at radius 3 is 2.85 bits per heavy atom. The summed E-state index contributed by atoms with van der Waals surface area (Å²) in [6.07, 6.45) is 4.75. The first-order valence-corrected chi connectivity index (χ1v) is 9.33. The number of nitrogens with one attached hydrogen (secondary N) is 1.